The van der Waals surface area contributed by atoms with Gasteiger partial charge in [-0.15, -0.1) is 0 Å². The molecule has 5 aromatic carbocycles. The SMILES string of the molecule is O=C1c2ccccc2C2(c3ccc(O)cc3Oc3cc(O)ccc32)N1/N=C\c1c(O)ccc2ccccc12. The number of fused-ring (bicyclic) bond motifs is 7. The molecule has 0 aliphatic carbocycles. The van der Waals surface area contributed by atoms with Gasteiger partial charge in [0.15, 0.2) is 0 Å². The zero-order valence-corrected chi connectivity index (χ0v) is 19.9. The van der Waals surface area contributed by atoms with Gasteiger partial charge in [0.1, 0.15) is 34.3 Å². The highest BCUT2D eigenvalue weighted by Crippen LogP contribution is 2.58. The number of hydrazone groups is 1. The van der Waals surface area contributed by atoms with E-state index in [9.17, 15) is 20.1 Å². The van der Waals surface area contributed by atoms with Crippen LogP contribution in [0.1, 0.15) is 32.6 Å². The highest BCUT2D eigenvalue weighted by atomic mass is 16.5. The first-order chi connectivity index (χ1) is 18.5. The Morgan fingerprint density at radius 1 is 0.737 bits per heavy atom. The molecular weight excluding hydrogens is 480 g/mol. The molecule has 1 spiro atoms. The fourth-order valence-electron chi connectivity index (χ4n) is 5.61. The third-order valence-electron chi connectivity index (χ3n) is 7.24. The minimum Gasteiger partial charge on any atom is -0.508 e. The summed E-state index contributed by atoms with van der Waals surface area (Å²) in [6.45, 7) is 0. The van der Waals surface area contributed by atoms with Crippen LogP contribution in [0, 0.1) is 0 Å². The Kier molecular flexibility index (Phi) is 4.53. The van der Waals surface area contributed by atoms with E-state index in [2.05, 4.69) is 0 Å². The van der Waals surface area contributed by atoms with Gasteiger partial charge in [-0.2, -0.15) is 5.10 Å². The lowest BCUT2D eigenvalue weighted by molar-refractivity contribution is 0.0675. The molecule has 1 amide bonds. The number of carbonyl (C=O) groups is 1. The van der Waals surface area contributed by atoms with Crippen molar-refractivity contribution in [2.45, 2.75) is 5.54 Å². The summed E-state index contributed by atoms with van der Waals surface area (Å²) in [6, 6.07) is 27.8. The van der Waals surface area contributed by atoms with E-state index in [0.717, 1.165) is 10.8 Å². The molecule has 0 saturated carbocycles. The van der Waals surface area contributed by atoms with Crippen LogP contribution in [0.5, 0.6) is 28.7 Å². The van der Waals surface area contributed by atoms with Crippen molar-refractivity contribution >= 4 is 22.9 Å². The van der Waals surface area contributed by atoms with Crippen molar-refractivity contribution < 1.29 is 24.9 Å². The molecule has 7 rings (SSSR count). The van der Waals surface area contributed by atoms with E-state index < -0.39 is 5.54 Å². The van der Waals surface area contributed by atoms with Crippen molar-refractivity contribution in [3.63, 3.8) is 0 Å². The normalized spacial score (nSPS) is 14.9. The molecule has 38 heavy (non-hydrogen) atoms. The molecule has 0 radical (unpaired) electrons. The number of amides is 1. The number of hydrogen-bond donors (Lipinski definition) is 3. The summed E-state index contributed by atoms with van der Waals surface area (Å²) < 4.78 is 6.11. The molecule has 0 unspecified atom stereocenters. The number of nitrogens with zero attached hydrogens (tertiary/aromatic N) is 2. The standard InChI is InChI=1S/C31H20N2O5/c34-19-10-12-25-28(15-19)38-29-16-20(35)11-13-26(29)31(25)24-8-4-3-7-22(24)30(37)33(31)32-17-23-21-6-2-1-5-18(21)9-14-27(23)36/h1-17,34-36H/b32-17-. The second-order valence-electron chi connectivity index (χ2n) is 9.30. The summed E-state index contributed by atoms with van der Waals surface area (Å²) >= 11 is 0. The Hall–Kier alpha value is -5.30. The van der Waals surface area contributed by atoms with Gasteiger partial charge in [0.05, 0.1) is 6.21 Å². The molecule has 2 heterocycles. The maximum atomic E-state index is 14.0. The Labute approximate surface area is 217 Å². The average molecular weight is 501 g/mol. The minimum atomic E-state index is -1.26. The van der Waals surface area contributed by atoms with Crippen molar-refractivity contribution in [2.75, 3.05) is 0 Å². The van der Waals surface area contributed by atoms with E-state index in [1.165, 1.54) is 23.4 Å². The lowest BCUT2D eigenvalue weighted by Gasteiger charge is -2.41. The second-order valence-corrected chi connectivity index (χ2v) is 9.30. The molecule has 184 valence electrons. The summed E-state index contributed by atoms with van der Waals surface area (Å²) in [4.78, 5) is 14.0. The van der Waals surface area contributed by atoms with Gasteiger partial charge >= 0.3 is 0 Å². The highest BCUT2D eigenvalue weighted by Gasteiger charge is 2.57. The van der Waals surface area contributed by atoms with Crippen LogP contribution in [0.4, 0.5) is 0 Å². The number of rotatable bonds is 2. The fraction of sp³-hybridized carbons (Fsp3) is 0.0323. The number of phenols is 3. The maximum absolute atomic E-state index is 14.0. The minimum absolute atomic E-state index is 0.00385. The summed E-state index contributed by atoms with van der Waals surface area (Å²) in [7, 11) is 0. The molecule has 0 saturated heterocycles. The van der Waals surface area contributed by atoms with E-state index >= 15 is 0 Å². The van der Waals surface area contributed by atoms with Crippen LogP contribution in [0.15, 0.2) is 102 Å². The first-order valence-corrected chi connectivity index (χ1v) is 12.0. The van der Waals surface area contributed by atoms with Gasteiger partial charge in [0.25, 0.3) is 5.91 Å². The summed E-state index contributed by atoms with van der Waals surface area (Å²) in [5, 5.41) is 39.1. The first-order valence-electron chi connectivity index (χ1n) is 12.0. The molecular formula is C31H20N2O5. The van der Waals surface area contributed by atoms with E-state index in [4.69, 9.17) is 9.84 Å². The van der Waals surface area contributed by atoms with Crippen molar-refractivity contribution in [1.82, 2.24) is 5.01 Å². The van der Waals surface area contributed by atoms with Crippen molar-refractivity contribution in [1.29, 1.82) is 0 Å². The van der Waals surface area contributed by atoms with Crippen LogP contribution < -0.4 is 4.74 Å². The third kappa shape index (κ3) is 2.90. The van der Waals surface area contributed by atoms with Crippen molar-refractivity contribution in [3.8, 4) is 28.7 Å². The van der Waals surface area contributed by atoms with Crippen LogP contribution in [0.2, 0.25) is 0 Å². The predicted molar refractivity (Wildman–Crippen MR) is 142 cm³/mol. The van der Waals surface area contributed by atoms with Crippen LogP contribution in [0.25, 0.3) is 10.8 Å². The monoisotopic (exact) mass is 500 g/mol. The number of ether oxygens (including phenoxy) is 1. The summed E-state index contributed by atoms with van der Waals surface area (Å²) in [6.07, 6.45) is 1.50. The second kappa shape index (κ2) is 7.85. The van der Waals surface area contributed by atoms with Gasteiger partial charge in [-0.25, -0.2) is 5.01 Å². The molecule has 2 aliphatic rings. The predicted octanol–water partition coefficient (Wildman–Crippen LogP) is 5.84. The number of benzene rings is 5. The van der Waals surface area contributed by atoms with E-state index in [0.29, 0.717) is 39.3 Å². The molecule has 0 bridgehead atoms. The van der Waals surface area contributed by atoms with E-state index in [-0.39, 0.29) is 23.2 Å². The third-order valence-corrected chi connectivity index (χ3v) is 7.24. The summed E-state index contributed by atoms with van der Waals surface area (Å²) in [5.74, 6) is 0.359. The number of hydrogen-bond acceptors (Lipinski definition) is 6. The fourth-order valence-corrected chi connectivity index (χ4v) is 5.61. The smallest absolute Gasteiger partial charge is 0.275 e. The topological polar surface area (TPSA) is 103 Å². The zero-order valence-electron chi connectivity index (χ0n) is 19.9. The number of phenolic OH excluding ortho intramolecular Hbond substituents is 3. The molecule has 5 aromatic rings. The van der Waals surface area contributed by atoms with E-state index in [1.54, 1.807) is 42.5 Å². The van der Waals surface area contributed by atoms with Gasteiger partial charge in [-0.1, -0.05) is 48.5 Å². The number of carbonyl (C=O) groups excluding carboxylic acids is 1. The summed E-state index contributed by atoms with van der Waals surface area (Å²) in [5.41, 5.74) is 1.58. The molecule has 2 aliphatic heterocycles. The van der Waals surface area contributed by atoms with Crippen molar-refractivity contribution in [2.24, 2.45) is 5.10 Å². The van der Waals surface area contributed by atoms with Crippen LogP contribution in [-0.4, -0.2) is 32.5 Å². The maximum Gasteiger partial charge on any atom is 0.275 e. The molecule has 0 fully saturated rings. The quantitative estimate of drug-likeness (QED) is 0.264. The van der Waals surface area contributed by atoms with Gasteiger partial charge in [-0.3, -0.25) is 4.79 Å². The van der Waals surface area contributed by atoms with Crippen LogP contribution in [-0.2, 0) is 5.54 Å². The molecule has 0 aromatic heterocycles. The highest BCUT2D eigenvalue weighted by molar-refractivity contribution is 6.05. The van der Waals surface area contributed by atoms with Crippen LogP contribution >= 0.6 is 0 Å². The Morgan fingerprint density at radius 2 is 1.39 bits per heavy atom. The largest absolute Gasteiger partial charge is 0.508 e. The lowest BCUT2D eigenvalue weighted by Crippen LogP contribution is -2.44. The van der Waals surface area contributed by atoms with Gasteiger partial charge < -0.3 is 20.1 Å². The average Bonchev–Trinajstić information content (AvgIpc) is 3.16. The lowest BCUT2D eigenvalue weighted by atomic mass is 9.75. The first kappa shape index (κ1) is 21.9. The van der Waals surface area contributed by atoms with Gasteiger partial charge in [-0.05, 0) is 47.2 Å². The molecule has 0 atom stereocenters. The molecule has 3 N–H and O–H groups in total. The Morgan fingerprint density at radius 3 is 2.13 bits per heavy atom. The van der Waals surface area contributed by atoms with Crippen molar-refractivity contribution in [3.05, 3.63) is 125 Å². The molecule has 7 nitrogen and oxygen atoms in total. The Bertz CT molecular complexity index is 1780. The molecule has 7 heteroatoms. The van der Waals surface area contributed by atoms with Gasteiger partial charge in [0, 0.05) is 39.9 Å². The Balaban J connectivity index is 1.54. The number of aromatic hydroxyl groups is 3. The van der Waals surface area contributed by atoms with Gasteiger partial charge in [0.2, 0.25) is 0 Å². The van der Waals surface area contributed by atoms with Crippen LogP contribution in [0.3, 0.4) is 0 Å². The zero-order chi connectivity index (χ0) is 26.0. The van der Waals surface area contributed by atoms with E-state index in [1.807, 2.05) is 42.5 Å².